The minimum atomic E-state index is -0.180. The van der Waals surface area contributed by atoms with Gasteiger partial charge in [-0.1, -0.05) is 208 Å². The number of hydrogen-bond donors (Lipinski definition) is 0. The molecule has 0 saturated carbocycles. The van der Waals surface area contributed by atoms with Crippen LogP contribution in [0.4, 0.5) is 0 Å². The van der Waals surface area contributed by atoms with E-state index in [0.717, 1.165) is 38.0 Å². The number of fused-ring (bicyclic) bond motifs is 11. The van der Waals surface area contributed by atoms with E-state index in [-0.39, 0.29) is 16.2 Å². The monoisotopic (exact) mass is 911 g/mol. The molecule has 0 bridgehead atoms. The average molecular weight is 911 g/mol. The maximum Gasteiger partial charge on any atom is 0.119 e. The molecule has 9 aromatic rings. The predicted molar refractivity (Wildman–Crippen MR) is 299 cm³/mol. The van der Waals surface area contributed by atoms with E-state index in [0.29, 0.717) is 0 Å². The molecule has 3 aliphatic carbocycles. The Labute approximate surface area is 416 Å². The second-order valence-electron chi connectivity index (χ2n) is 21.9. The lowest BCUT2D eigenvalue weighted by Gasteiger charge is -2.33. The highest BCUT2D eigenvalue weighted by molar-refractivity contribution is 6.21. The van der Waals surface area contributed by atoms with E-state index in [4.69, 9.17) is 4.74 Å². The first-order chi connectivity index (χ1) is 34.1. The summed E-state index contributed by atoms with van der Waals surface area (Å²) < 4.78 is 6.41. The third-order valence-corrected chi connectivity index (χ3v) is 17.1. The van der Waals surface area contributed by atoms with Crippen molar-refractivity contribution in [1.82, 2.24) is 0 Å². The van der Waals surface area contributed by atoms with Crippen molar-refractivity contribution < 1.29 is 4.74 Å². The molecule has 12 rings (SSSR count). The third kappa shape index (κ3) is 6.71. The van der Waals surface area contributed by atoms with E-state index < -0.39 is 0 Å². The van der Waals surface area contributed by atoms with Crippen LogP contribution in [0.25, 0.3) is 88.3 Å². The molecule has 0 fully saturated rings. The summed E-state index contributed by atoms with van der Waals surface area (Å²) in [6.45, 7) is 17.3. The molecule has 1 nitrogen and oxygen atoms in total. The molecule has 9 aromatic carbocycles. The van der Waals surface area contributed by atoms with Gasteiger partial charge in [0.1, 0.15) is 5.75 Å². The maximum atomic E-state index is 6.41. The predicted octanol–water partition coefficient (Wildman–Crippen LogP) is 19.4. The van der Waals surface area contributed by atoms with Crippen LogP contribution in [0.5, 0.6) is 5.75 Å². The van der Waals surface area contributed by atoms with Crippen molar-refractivity contribution in [1.29, 1.82) is 0 Å². The van der Waals surface area contributed by atoms with Crippen molar-refractivity contribution in [2.75, 3.05) is 6.61 Å². The Hall–Kier alpha value is -6.70. The first kappa shape index (κ1) is 44.5. The molecule has 3 aliphatic rings. The molecular formula is C69H66O. The van der Waals surface area contributed by atoms with Crippen molar-refractivity contribution in [3.8, 4) is 72.5 Å². The average Bonchev–Trinajstić information content (AvgIpc) is 3.89. The molecule has 0 heterocycles. The van der Waals surface area contributed by atoms with E-state index in [9.17, 15) is 0 Å². The summed E-state index contributed by atoms with van der Waals surface area (Å²) in [6, 6.07) is 63.5. The Morgan fingerprint density at radius 1 is 0.343 bits per heavy atom. The van der Waals surface area contributed by atoms with Crippen LogP contribution < -0.4 is 4.74 Å². The molecule has 0 aliphatic heterocycles. The molecule has 0 radical (unpaired) electrons. The van der Waals surface area contributed by atoms with Crippen molar-refractivity contribution >= 4 is 21.5 Å². The SMILES string of the molecule is CCCCOc1ccc2c(c1)C(CCCC)(CCCC)c1cc(-c3c4ccccc4c(-c4ccc5c(c4)C(C)(C)c4cc(-c6ccc7c(c6)C(C)(C)c6ccccc6-7)ccc4-5)c4ccccc34)ccc1-2. The minimum Gasteiger partial charge on any atom is -0.494 e. The summed E-state index contributed by atoms with van der Waals surface area (Å²) in [5, 5.41) is 5.21. The largest absolute Gasteiger partial charge is 0.494 e. The van der Waals surface area contributed by atoms with Crippen LogP contribution in [0, 0.1) is 0 Å². The molecular weight excluding hydrogens is 845 g/mol. The van der Waals surface area contributed by atoms with Gasteiger partial charge in [-0.25, -0.2) is 0 Å². The van der Waals surface area contributed by atoms with Gasteiger partial charge in [-0.05, 0) is 177 Å². The van der Waals surface area contributed by atoms with Gasteiger partial charge in [0.2, 0.25) is 0 Å². The van der Waals surface area contributed by atoms with E-state index >= 15 is 0 Å². The quantitative estimate of drug-likeness (QED) is 0.0827. The fourth-order valence-electron chi connectivity index (χ4n) is 13.4. The van der Waals surface area contributed by atoms with Gasteiger partial charge in [-0.3, -0.25) is 0 Å². The molecule has 0 N–H and O–H groups in total. The first-order valence-electron chi connectivity index (χ1n) is 26.5. The van der Waals surface area contributed by atoms with Gasteiger partial charge in [-0.15, -0.1) is 0 Å². The number of unbranched alkanes of at least 4 members (excludes halogenated alkanes) is 3. The molecule has 0 spiro atoms. The second kappa shape index (κ2) is 17.0. The van der Waals surface area contributed by atoms with Crippen molar-refractivity contribution in [2.45, 2.75) is 116 Å². The van der Waals surface area contributed by atoms with Crippen LogP contribution >= 0.6 is 0 Å². The van der Waals surface area contributed by atoms with E-state index in [1.807, 2.05) is 0 Å². The Morgan fingerprint density at radius 3 is 1.21 bits per heavy atom. The maximum absolute atomic E-state index is 6.41. The highest BCUT2D eigenvalue weighted by atomic mass is 16.5. The standard InChI is InChI=1S/C69H66O/c1-8-11-36-69(37-12-9-2)63-42-47(29-34-53(63)54-35-30-48(43-64(54)69)70-38-13-10-3)66-57-23-16-14-21-55(57)65(56-22-15-17-24-58(56)66)46-28-33-52-51-32-27-45(40-61(51)68(6,7)62(52)41-46)44-26-31-50-49-20-18-19-25-59(49)67(4,5)60(50)39-44/h14-35,39-43H,8-13,36-38H2,1-7H3. The Kier molecular flexibility index (Phi) is 10.8. The lowest BCUT2D eigenvalue weighted by atomic mass is 9.70. The van der Waals surface area contributed by atoms with Gasteiger partial charge in [-0.2, -0.15) is 0 Å². The van der Waals surface area contributed by atoms with Gasteiger partial charge in [0.15, 0.2) is 0 Å². The molecule has 0 atom stereocenters. The van der Waals surface area contributed by atoms with Crippen molar-refractivity contribution in [3.63, 3.8) is 0 Å². The zero-order chi connectivity index (χ0) is 47.9. The molecule has 70 heavy (non-hydrogen) atoms. The Balaban J connectivity index is 0.964. The number of hydrogen-bond acceptors (Lipinski definition) is 1. The van der Waals surface area contributed by atoms with Crippen LogP contribution in [0.2, 0.25) is 0 Å². The third-order valence-electron chi connectivity index (χ3n) is 17.1. The van der Waals surface area contributed by atoms with Gasteiger partial charge >= 0.3 is 0 Å². The molecule has 348 valence electrons. The van der Waals surface area contributed by atoms with Crippen LogP contribution in [-0.2, 0) is 16.2 Å². The summed E-state index contributed by atoms with van der Waals surface area (Å²) >= 11 is 0. The zero-order valence-electron chi connectivity index (χ0n) is 42.4. The minimum absolute atomic E-state index is 0.0343. The van der Waals surface area contributed by atoms with Crippen LogP contribution in [0.1, 0.15) is 133 Å². The normalized spacial score (nSPS) is 15.1. The summed E-state index contributed by atoms with van der Waals surface area (Å²) in [5.41, 5.74) is 24.4. The van der Waals surface area contributed by atoms with Gasteiger partial charge in [0, 0.05) is 16.2 Å². The second-order valence-corrected chi connectivity index (χ2v) is 21.9. The van der Waals surface area contributed by atoms with E-state index in [2.05, 4.69) is 212 Å². The van der Waals surface area contributed by atoms with Crippen molar-refractivity contribution in [3.05, 3.63) is 197 Å². The van der Waals surface area contributed by atoms with E-state index in [1.165, 1.54) is 147 Å². The molecule has 1 heteroatoms. The molecule has 0 unspecified atom stereocenters. The number of rotatable bonds is 13. The lowest BCUT2D eigenvalue weighted by molar-refractivity contribution is 0.308. The topological polar surface area (TPSA) is 9.23 Å². The van der Waals surface area contributed by atoms with Gasteiger partial charge in [0.25, 0.3) is 0 Å². The number of ether oxygens (including phenoxy) is 1. The smallest absolute Gasteiger partial charge is 0.119 e. The molecule has 0 amide bonds. The van der Waals surface area contributed by atoms with Gasteiger partial charge in [0.05, 0.1) is 6.61 Å². The highest BCUT2D eigenvalue weighted by Crippen LogP contribution is 2.58. The Morgan fingerprint density at radius 2 is 0.714 bits per heavy atom. The van der Waals surface area contributed by atoms with E-state index in [1.54, 1.807) is 0 Å². The summed E-state index contributed by atoms with van der Waals surface area (Å²) in [6.07, 6.45) is 9.25. The summed E-state index contributed by atoms with van der Waals surface area (Å²) in [4.78, 5) is 0. The Bertz CT molecular complexity index is 3480. The fraction of sp³-hybridized carbons (Fsp3) is 0.275. The lowest BCUT2D eigenvalue weighted by Crippen LogP contribution is -2.25. The fourth-order valence-corrected chi connectivity index (χ4v) is 13.4. The molecule has 0 saturated heterocycles. The highest BCUT2D eigenvalue weighted by Gasteiger charge is 2.43. The molecule has 0 aromatic heterocycles. The summed E-state index contributed by atoms with van der Waals surface area (Å²) in [5.74, 6) is 1.01. The van der Waals surface area contributed by atoms with Crippen LogP contribution in [-0.4, -0.2) is 6.61 Å². The zero-order valence-corrected chi connectivity index (χ0v) is 42.4. The summed E-state index contributed by atoms with van der Waals surface area (Å²) in [7, 11) is 0. The van der Waals surface area contributed by atoms with Crippen LogP contribution in [0.15, 0.2) is 164 Å². The number of benzene rings is 9. The van der Waals surface area contributed by atoms with Crippen LogP contribution in [0.3, 0.4) is 0 Å². The first-order valence-corrected chi connectivity index (χ1v) is 26.5. The van der Waals surface area contributed by atoms with Gasteiger partial charge < -0.3 is 4.74 Å². The van der Waals surface area contributed by atoms with Crippen molar-refractivity contribution in [2.24, 2.45) is 0 Å².